The number of halogens is 1. The summed E-state index contributed by atoms with van der Waals surface area (Å²) >= 11 is 3.39. The molecule has 0 fully saturated rings. The topological polar surface area (TPSA) is 29.1 Å². The molecule has 3 aromatic carbocycles. The first-order valence-electron chi connectivity index (χ1n) is 6.74. The summed E-state index contributed by atoms with van der Waals surface area (Å²) < 4.78 is 1.02. The van der Waals surface area contributed by atoms with Crippen LogP contribution in [-0.2, 0) is 0 Å². The lowest BCUT2D eigenvalue weighted by molar-refractivity contribution is 0.101. The van der Waals surface area contributed by atoms with Gasteiger partial charge in [0.15, 0.2) is 5.78 Å². The van der Waals surface area contributed by atoms with Gasteiger partial charge in [-0.05, 0) is 41.1 Å². The molecule has 0 spiro atoms. The molecule has 0 unspecified atom stereocenters. The molecule has 0 aliphatic rings. The smallest absolute Gasteiger partial charge is 0.181 e. The van der Waals surface area contributed by atoms with E-state index in [1.165, 1.54) is 0 Å². The number of carbonyl (C=O) groups is 1. The van der Waals surface area contributed by atoms with Crippen molar-refractivity contribution in [2.75, 3.05) is 11.9 Å². The van der Waals surface area contributed by atoms with Crippen molar-refractivity contribution >= 4 is 38.2 Å². The molecule has 0 heterocycles. The van der Waals surface area contributed by atoms with Crippen LogP contribution in [0.2, 0.25) is 0 Å². The molecule has 1 N–H and O–H groups in total. The van der Waals surface area contributed by atoms with Crippen molar-refractivity contribution < 1.29 is 4.79 Å². The van der Waals surface area contributed by atoms with Gasteiger partial charge >= 0.3 is 0 Å². The lowest BCUT2D eigenvalue weighted by Gasteiger charge is -2.07. The Morgan fingerprint density at radius 1 is 0.905 bits per heavy atom. The molecule has 0 aliphatic carbocycles. The Kier molecular flexibility index (Phi) is 4.02. The molecule has 0 saturated heterocycles. The molecular formula is C18H14BrNO. The van der Waals surface area contributed by atoms with Gasteiger partial charge in [0.1, 0.15) is 0 Å². The predicted octanol–water partition coefficient (Wildman–Crippen LogP) is 4.90. The Labute approximate surface area is 131 Å². The molecule has 3 heteroatoms. The van der Waals surface area contributed by atoms with E-state index in [4.69, 9.17) is 0 Å². The SMILES string of the molecule is O=C(CNc1ccc(Br)cc1)c1ccc2ccccc2c1. The second-order valence-corrected chi connectivity index (χ2v) is 5.76. The largest absolute Gasteiger partial charge is 0.378 e. The zero-order chi connectivity index (χ0) is 14.7. The summed E-state index contributed by atoms with van der Waals surface area (Å²) in [6.45, 7) is 0.292. The fourth-order valence-electron chi connectivity index (χ4n) is 2.21. The second kappa shape index (κ2) is 6.10. The third-order valence-corrected chi connectivity index (χ3v) is 3.90. The van der Waals surface area contributed by atoms with Crippen molar-refractivity contribution in [2.24, 2.45) is 0 Å². The van der Waals surface area contributed by atoms with Gasteiger partial charge in [-0.25, -0.2) is 0 Å². The minimum Gasteiger partial charge on any atom is -0.378 e. The highest BCUT2D eigenvalue weighted by Crippen LogP contribution is 2.17. The Balaban J connectivity index is 1.73. The lowest BCUT2D eigenvalue weighted by atomic mass is 10.0. The van der Waals surface area contributed by atoms with Gasteiger partial charge in [0.2, 0.25) is 0 Å². The number of fused-ring (bicyclic) bond motifs is 1. The van der Waals surface area contributed by atoms with Crippen LogP contribution in [0.25, 0.3) is 10.8 Å². The summed E-state index contributed by atoms with van der Waals surface area (Å²) in [5.41, 5.74) is 1.67. The third-order valence-electron chi connectivity index (χ3n) is 3.37. The molecule has 0 radical (unpaired) electrons. The number of nitrogens with one attached hydrogen (secondary N) is 1. The van der Waals surface area contributed by atoms with Crippen molar-refractivity contribution in [2.45, 2.75) is 0 Å². The molecule has 3 rings (SSSR count). The summed E-state index contributed by atoms with van der Waals surface area (Å²) in [7, 11) is 0. The zero-order valence-electron chi connectivity index (χ0n) is 11.3. The first-order valence-corrected chi connectivity index (χ1v) is 7.53. The summed E-state index contributed by atoms with van der Waals surface area (Å²) in [4.78, 5) is 12.3. The van der Waals surface area contributed by atoms with E-state index in [1.807, 2.05) is 66.7 Å². The standard InChI is InChI=1S/C18H14BrNO/c19-16-7-9-17(10-8-16)20-12-18(21)15-6-5-13-3-1-2-4-14(13)11-15/h1-11,20H,12H2. The first kappa shape index (κ1) is 13.8. The maximum Gasteiger partial charge on any atom is 0.181 e. The third kappa shape index (κ3) is 3.31. The molecule has 21 heavy (non-hydrogen) atoms. The van der Waals surface area contributed by atoms with Crippen LogP contribution in [0, 0.1) is 0 Å². The number of ketones is 1. The highest BCUT2D eigenvalue weighted by Gasteiger charge is 2.06. The number of rotatable bonds is 4. The highest BCUT2D eigenvalue weighted by atomic mass is 79.9. The molecule has 2 nitrogen and oxygen atoms in total. The van der Waals surface area contributed by atoms with Gasteiger partial charge in [0, 0.05) is 15.7 Å². The van der Waals surface area contributed by atoms with Crippen LogP contribution in [0.3, 0.4) is 0 Å². The van der Waals surface area contributed by atoms with E-state index in [2.05, 4.69) is 21.2 Å². The van der Waals surface area contributed by atoms with Crippen molar-refractivity contribution in [1.29, 1.82) is 0 Å². The van der Waals surface area contributed by atoms with Crippen LogP contribution in [0.15, 0.2) is 71.2 Å². The second-order valence-electron chi connectivity index (χ2n) is 4.85. The van der Waals surface area contributed by atoms with E-state index in [9.17, 15) is 4.79 Å². The number of hydrogen-bond acceptors (Lipinski definition) is 2. The first-order chi connectivity index (χ1) is 10.2. The van der Waals surface area contributed by atoms with Gasteiger partial charge in [-0.1, -0.05) is 52.3 Å². The molecule has 0 aromatic heterocycles. The number of carbonyl (C=O) groups excluding carboxylic acids is 1. The molecule has 0 bridgehead atoms. The van der Waals surface area contributed by atoms with Gasteiger partial charge in [0.25, 0.3) is 0 Å². The van der Waals surface area contributed by atoms with E-state index >= 15 is 0 Å². The minimum absolute atomic E-state index is 0.0867. The Morgan fingerprint density at radius 2 is 1.62 bits per heavy atom. The summed E-state index contributed by atoms with van der Waals surface area (Å²) in [5.74, 6) is 0.0867. The normalized spacial score (nSPS) is 10.5. The fraction of sp³-hybridized carbons (Fsp3) is 0.0556. The molecular weight excluding hydrogens is 326 g/mol. The van der Waals surface area contributed by atoms with E-state index < -0.39 is 0 Å². The monoisotopic (exact) mass is 339 g/mol. The van der Waals surface area contributed by atoms with Crippen molar-refractivity contribution in [1.82, 2.24) is 0 Å². The Bertz CT molecular complexity index is 781. The van der Waals surface area contributed by atoms with Crippen molar-refractivity contribution in [3.8, 4) is 0 Å². The molecule has 0 atom stereocenters. The fourth-order valence-corrected chi connectivity index (χ4v) is 2.48. The van der Waals surface area contributed by atoms with Gasteiger partial charge in [-0.3, -0.25) is 4.79 Å². The lowest BCUT2D eigenvalue weighted by Crippen LogP contribution is -2.13. The van der Waals surface area contributed by atoms with E-state index in [0.717, 1.165) is 26.5 Å². The quantitative estimate of drug-likeness (QED) is 0.685. The molecule has 104 valence electrons. The molecule has 0 amide bonds. The van der Waals surface area contributed by atoms with Gasteiger partial charge in [-0.15, -0.1) is 0 Å². The molecule has 0 aliphatic heterocycles. The minimum atomic E-state index is 0.0867. The molecule has 3 aromatic rings. The van der Waals surface area contributed by atoms with Crippen molar-refractivity contribution in [3.63, 3.8) is 0 Å². The van der Waals surface area contributed by atoms with Crippen LogP contribution < -0.4 is 5.32 Å². The average molecular weight is 340 g/mol. The summed E-state index contributed by atoms with van der Waals surface area (Å²) in [6.07, 6.45) is 0. The molecule has 0 saturated carbocycles. The van der Waals surface area contributed by atoms with Gasteiger partial charge in [-0.2, -0.15) is 0 Å². The van der Waals surface area contributed by atoms with Crippen LogP contribution in [0.1, 0.15) is 10.4 Å². The van der Waals surface area contributed by atoms with E-state index in [-0.39, 0.29) is 5.78 Å². The van der Waals surface area contributed by atoms with Crippen LogP contribution in [0.5, 0.6) is 0 Å². The number of anilines is 1. The Hall–Kier alpha value is -2.13. The van der Waals surface area contributed by atoms with Crippen LogP contribution in [0.4, 0.5) is 5.69 Å². The van der Waals surface area contributed by atoms with Crippen LogP contribution >= 0.6 is 15.9 Å². The average Bonchev–Trinajstić information content (AvgIpc) is 2.53. The zero-order valence-corrected chi connectivity index (χ0v) is 12.9. The summed E-state index contributed by atoms with van der Waals surface area (Å²) in [6, 6.07) is 21.6. The maximum atomic E-state index is 12.3. The number of benzene rings is 3. The van der Waals surface area contributed by atoms with E-state index in [1.54, 1.807) is 0 Å². The van der Waals surface area contributed by atoms with Crippen molar-refractivity contribution in [3.05, 3.63) is 76.8 Å². The Morgan fingerprint density at radius 3 is 2.38 bits per heavy atom. The van der Waals surface area contributed by atoms with Gasteiger partial charge in [0.05, 0.1) is 6.54 Å². The number of Topliss-reactive ketones (excluding diaryl/α,β-unsaturated/α-hetero) is 1. The highest BCUT2D eigenvalue weighted by molar-refractivity contribution is 9.10. The maximum absolute atomic E-state index is 12.3. The summed E-state index contributed by atoms with van der Waals surface area (Å²) in [5, 5.41) is 5.39. The van der Waals surface area contributed by atoms with Crippen LogP contribution in [-0.4, -0.2) is 12.3 Å². The van der Waals surface area contributed by atoms with Gasteiger partial charge < -0.3 is 5.32 Å². The number of hydrogen-bond donors (Lipinski definition) is 1. The van der Waals surface area contributed by atoms with E-state index in [0.29, 0.717) is 6.54 Å². The predicted molar refractivity (Wildman–Crippen MR) is 90.9 cm³/mol.